The van der Waals surface area contributed by atoms with Gasteiger partial charge in [-0.2, -0.15) is 0 Å². The molecule has 0 saturated heterocycles. The lowest BCUT2D eigenvalue weighted by Crippen LogP contribution is -2.42. The molecule has 0 bridgehead atoms. The highest BCUT2D eigenvalue weighted by molar-refractivity contribution is 5.40. The fourth-order valence-corrected chi connectivity index (χ4v) is 3.13. The van der Waals surface area contributed by atoms with Crippen LogP contribution in [0.5, 0.6) is 11.5 Å². The maximum Gasteiger partial charge on any atom is 0.292 e. The first-order valence-corrected chi connectivity index (χ1v) is 10.9. The number of allylic oxidation sites excluding steroid dienone is 3. The van der Waals surface area contributed by atoms with Crippen molar-refractivity contribution < 1.29 is 19.0 Å². The lowest BCUT2D eigenvalue weighted by Gasteiger charge is -2.31. The maximum atomic E-state index is 8.95. The number of carbonyl (C=O) groups is 1. The number of ether oxygens (including phenoxy) is 3. The van der Waals surface area contributed by atoms with Crippen molar-refractivity contribution in [3.63, 3.8) is 0 Å². The monoisotopic (exact) mass is 430 g/mol. The number of methoxy groups -OCH3 is 1. The summed E-state index contributed by atoms with van der Waals surface area (Å²) in [5.41, 5.74) is 3.02. The summed E-state index contributed by atoms with van der Waals surface area (Å²) in [4.78, 5) is 8.95. The third-order valence-corrected chi connectivity index (χ3v) is 4.52. The minimum atomic E-state index is 0.0603. The Morgan fingerprint density at radius 3 is 2.32 bits per heavy atom. The molecular weight excluding hydrogens is 392 g/mol. The van der Waals surface area contributed by atoms with Crippen molar-refractivity contribution in [1.82, 2.24) is 10.6 Å². The SMILES string of the molecule is CC.CC1(C)/C=C\C/C=C\CC2=C(CNCC2)N1.COC=O.c1ccc2c(c1)OCO2. The number of nitrogens with one attached hydrogen (secondary N) is 2. The van der Waals surface area contributed by atoms with Crippen LogP contribution in [0, 0.1) is 0 Å². The van der Waals surface area contributed by atoms with E-state index in [-0.39, 0.29) is 5.54 Å². The van der Waals surface area contributed by atoms with Crippen LogP contribution < -0.4 is 20.1 Å². The van der Waals surface area contributed by atoms with Crippen molar-refractivity contribution in [3.8, 4) is 11.5 Å². The van der Waals surface area contributed by atoms with Gasteiger partial charge in [-0.25, -0.2) is 0 Å². The van der Waals surface area contributed by atoms with Gasteiger partial charge in [-0.15, -0.1) is 0 Å². The number of fused-ring (bicyclic) bond motifs is 1. The zero-order valence-corrected chi connectivity index (χ0v) is 19.6. The van der Waals surface area contributed by atoms with Gasteiger partial charge in [0.05, 0.1) is 7.11 Å². The molecule has 2 N–H and O–H groups in total. The van der Waals surface area contributed by atoms with Crippen LogP contribution in [-0.2, 0) is 9.53 Å². The van der Waals surface area contributed by atoms with Gasteiger partial charge in [0, 0.05) is 17.8 Å². The van der Waals surface area contributed by atoms with E-state index in [0.29, 0.717) is 13.3 Å². The quantitative estimate of drug-likeness (QED) is 0.495. The Morgan fingerprint density at radius 1 is 1.06 bits per heavy atom. The highest BCUT2D eigenvalue weighted by Gasteiger charge is 2.19. The maximum absolute atomic E-state index is 8.95. The highest BCUT2D eigenvalue weighted by atomic mass is 16.7. The Labute approximate surface area is 187 Å². The summed E-state index contributed by atoms with van der Waals surface area (Å²) in [6.07, 6.45) is 12.4. The number of hydrogen-bond acceptors (Lipinski definition) is 6. The zero-order chi connectivity index (χ0) is 23.0. The summed E-state index contributed by atoms with van der Waals surface area (Å²) in [6.45, 7) is 11.3. The number of rotatable bonds is 1. The van der Waals surface area contributed by atoms with E-state index in [2.05, 4.69) is 53.5 Å². The normalized spacial score (nSPS) is 19.8. The van der Waals surface area contributed by atoms with Crippen molar-refractivity contribution >= 4 is 6.47 Å². The first-order valence-electron chi connectivity index (χ1n) is 10.9. The first-order chi connectivity index (χ1) is 15.1. The van der Waals surface area contributed by atoms with E-state index in [1.807, 2.05) is 38.1 Å². The van der Waals surface area contributed by atoms with Gasteiger partial charge < -0.3 is 24.8 Å². The van der Waals surface area contributed by atoms with Crippen molar-refractivity contribution in [1.29, 1.82) is 0 Å². The molecule has 0 unspecified atom stereocenters. The Balaban J connectivity index is 0.000000269. The molecule has 1 aromatic rings. The fourth-order valence-electron chi connectivity index (χ4n) is 3.13. The van der Waals surface area contributed by atoms with Gasteiger partial charge >= 0.3 is 0 Å². The van der Waals surface area contributed by atoms with Gasteiger partial charge in [-0.1, -0.05) is 50.3 Å². The summed E-state index contributed by atoms with van der Waals surface area (Å²) < 4.78 is 14.0. The van der Waals surface area contributed by atoms with Gasteiger partial charge in [0.25, 0.3) is 6.47 Å². The molecule has 3 aliphatic rings. The van der Waals surface area contributed by atoms with Gasteiger partial charge in [0.1, 0.15) is 0 Å². The van der Waals surface area contributed by atoms with Gasteiger partial charge in [-0.3, -0.25) is 4.79 Å². The molecule has 0 aromatic heterocycles. The lowest BCUT2D eigenvalue weighted by atomic mass is 9.97. The zero-order valence-electron chi connectivity index (χ0n) is 19.6. The standard InChI is InChI=1S/C14H22N2.C7H6O2.C2H4O2.C2H6/c1-14(2)9-6-4-3-5-7-12-8-10-15-11-13(12)16-14;1-2-4-7-6(3-1)8-5-9-7;1-4-2-3;1-2/h3,5-6,9,15-16H,4,7-8,10-11H2,1-2H3;1-4H,5H2;2H,1H3;1-2H3/b5-3-,9-6-;;;. The molecule has 0 amide bonds. The molecule has 1 aromatic carbocycles. The number of para-hydroxylation sites is 2. The van der Waals surface area contributed by atoms with E-state index in [9.17, 15) is 0 Å². The van der Waals surface area contributed by atoms with Crippen LogP contribution in [0.3, 0.4) is 0 Å². The van der Waals surface area contributed by atoms with E-state index < -0.39 is 0 Å². The second kappa shape index (κ2) is 15.1. The molecule has 0 saturated carbocycles. The number of carbonyl (C=O) groups excluding carboxylic acids is 1. The molecule has 3 heterocycles. The summed E-state index contributed by atoms with van der Waals surface area (Å²) in [5.74, 6) is 1.69. The Hall–Kier alpha value is -2.73. The Bertz CT molecular complexity index is 716. The molecule has 0 atom stereocenters. The molecule has 0 radical (unpaired) electrons. The molecule has 0 aliphatic carbocycles. The van der Waals surface area contributed by atoms with Crippen LogP contribution >= 0.6 is 0 Å². The second-order valence-electron chi connectivity index (χ2n) is 7.35. The molecule has 4 rings (SSSR count). The van der Waals surface area contributed by atoms with Crippen molar-refractivity contribution in [2.24, 2.45) is 0 Å². The minimum absolute atomic E-state index is 0.0603. The van der Waals surface area contributed by atoms with E-state index in [1.54, 1.807) is 5.57 Å². The predicted molar refractivity (Wildman–Crippen MR) is 126 cm³/mol. The first kappa shape index (κ1) is 26.3. The smallest absolute Gasteiger partial charge is 0.292 e. The summed E-state index contributed by atoms with van der Waals surface area (Å²) in [6, 6.07) is 7.63. The molecule has 31 heavy (non-hydrogen) atoms. The second-order valence-corrected chi connectivity index (χ2v) is 7.35. The average molecular weight is 431 g/mol. The van der Waals surface area contributed by atoms with Crippen molar-refractivity contribution in [2.45, 2.75) is 52.5 Å². The Kier molecular flexibility index (Phi) is 12.8. The largest absolute Gasteiger partial charge is 0.471 e. The fraction of sp³-hybridized carbons (Fsp3) is 0.480. The van der Waals surface area contributed by atoms with E-state index in [0.717, 1.165) is 37.4 Å². The molecule has 3 aliphatic heterocycles. The van der Waals surface area contributed by atoms with Crippen LogP contribution in [-0.4, -0.2) is 39.0 Å². The van der Waals surface area contributed by atoms with Crippen LogP contribution in [0.15, 0.2) is 59.8 Å². The van der Waals surface area contributed by atoms with Crippen molar-refractivity contribution in [3.05, 3.63) is 59.8 Å². The summed E-state index contributed by atoms with van der Waals surface area (Å²) in [5, 5.41) is 7.10. The summed E-state index contributed by atoms with van der Waals surface area (Å²) in [7, 11) is 1.31. The lowest BCUT2D eigenvalue weighted by molar-refractivity contribution is -0.126. The van der Waals surface area contributed by atoms with E-state index >= 15 is 0 Å². The third kappa shape index (κ3) is 10.2. The van der Waals surface area contributed by atoms with Crippen LogP contribution in [0.4, 0.5) is 0 Å². The molecular formula is C25H38N2O4. The number of hydrogen-bond donors (Lipinski definition) is 2. The topological polar surface area (TPSA) is 68.8 Å². The molecule has 172 valence electrons. The van der Waals surface area contributed by atoms with Gasteiger partial charge in [-0.05, 0) is 57.4 Å². The van der Waals surface area contributed by atoms with Crippen LogP contribution in [0.1, 0.15) is 47.0 Å². The van der Waals surface area contributed by atoms with Gasteiger partial charge in [0.2, 0.25) is 6.79 Å². The summed E-state index contributed by atoms with van der Waals surface area (Å²) >= 11 is 0. The molecule has 6 heteroatoms. The van der Waals surface area contributed by atoms with Crippen LogP contribution in [0.25, 0.3) is 0 Å². The van der Waals surface area contributed by atoms with E-state index in [4.69, 9.17) is 14.3 Å². The Morgan fingerprint density at radius 2 is 1.71 bits per heavy atom. The van der Waals surface area contributed by atoms with Crippen LogP contribution in [0.2, 0.25) is 0 Å². The minimum Gasteiger partial charge on any atom is -0.471 e. The molecule has 0 spiro atoms. The number of benzene rings is 1. The van der Waals surface area contributed by atoms with Gasteiger partial charge in [0.15, 0.2) is 11.5 Å². The van der Waals surface area contributed by atoms with E-state index in [1.165, 1.54) is 19.2 Å². The highest BCUT2D eigenvalue weighted by Crippen LogP contribution is 2.30. The third-order valence-electron chi connectivity index (χ3n) is 4.52. The molecule has 0 fully saturated rings. The predicted octanol–water partition coefficient (Wildman–Crippen LogP) is 4.74. The molecule has 6 nitrogen and oxygen atoms in total. The van der Waals surface area contributed by atoms with Crippen molar-refractivity contribution in [2.75, 3.05) is 27.0 Å². The average Bonchev–Trinajstić information content (AvgIpc) is 3.28.